The number of nitrogens with two attached hydrogens (primary N) is 1. The van der Waals surface area contributed by atoms with E-state index >= 15 is 0 Å². The maximum atomic E-state index is 13.6. The number of aromatic nitrogens is 2. The molecule has 0 fully saturated rings. The van der Waals surface area contributed by atoms with Gasteiger partial charge in [-0.05, 0) is 19.9 Å². The Bertz CT molecular complexity index is 608. The summed E-state index contributed by atoms with van der Waals surface area (Å²) in [6, 6.07) is 5.83. The molecular weight excluding hydrogens is 247 g/mol. The first-order chi connectivity index (χ1) is 9.00. The number of amides is 1. The number of H-pyrrole nitrogens is 1. The number of rotatable bonds is 3. The fourth-order valence-corrected chi connectivity index (χ4v) is 1.78. The highest BCUT2D eigenvalue weighted by Gasteiger charge is 2.19. The molecule has 19 heavy (non-hydrogen) atoms. The Morgan fingerprint density at radius 1 is 1.47 bits per heavy atom. The molecule has 4 N–H and O–H groups in total. The lowest BCUT2D eigenvalue weighted by Crippen LogP contribution is -2.28. The minimum Gasteiger partial charge on any atom is -0.395 e. The van der Waals surface area contributed by atoms with E-state index in [1.165, 1.54) is 6.07 Å². The maximum absolute atomic E-state index is 13.6. The van der Waals surface area contributed by atoms with Crippen molar-refractivity contribution in [3.05, 3.63) is 47.0 Å². The molecule has 0 aliphatic rings. The third kappa shape index (κ3) is 2.57. The predicted molar refractivity (Wildman–Crippen MR) is 70.0 cm³/mol. The Morgan fingerprint density at radius 3 is 2.74 bits per heavy atom. The highest BCUT2D eigenvalue weighted by atomic mass is 19.1. The molecule has 0 saturated carbocycles. The minimum absolute atomic E-state index is 0.126. The second-order valence-electron chi connectivity index (χ2n) is 4.33. The summed E-state index contributed by atoms with van der Waals surface area (Å²) in [5.74, 6) is -0.793. The number of benzene rings is 1. The SMILES string of the molecule is Cc1[nH]nc(C(=O)NC(C)c2ccccc2F)c1N. The molecule has 0 aliphatic heterocycles. The van der Waals surface area contributed by atoms with E-state index in [1.807, 2.05) is 0 Å². The van der Waals surface area contributed by atoms with Crippen LogP contribution in [0.15, 0.2) is 24.3 Å². The van der Waals surface area contributed by atoms with Gasteiger partial charge in [-0.1, -0.05) is 18.2 Å². The molecule has 1 amide bonds. The molecule has 0 radical (unpaired) electrons. The molecule has 1 unspecified atom stereocenters. The number of hydrogen-bond donors (Lipinski definition) is 3. The van der Waals surface area contributed by atoms with Crippen molar-refractivity contribution in [1.29, 1.82) is 0 Å². The summed E-state index contributed by atoms with van der Waals surface area (Å²) in [4.78, 5) is 12.0. The van der Waals surface area contributed by atoms with E-state index in [4.69, 9.17) is 5.73 Å². The normalized spacial score (nSPS) is 12.2. The van der Waals surface area contributed by atoms with Crippen molar-refractivity contribution in [2.24, 2.45) is 0 Å². The van der Waals surface area contributed by atoms with Crippen molar-refractivity contribution in [3.63, 3.8) is 0 Å². The third-order valence-corrected chi connectivity index (χ3v) is 2.93. The van der Waals surface area contributed by atoms with Crippen LogP contribution >= 0.6 is 0 Å². The molecule has 1 aromatic carbocycles. The van der Waals surface area contributed by atoms with Crippen LogP contribution in [0.1, 0.15) is 34.7 Å². The number of nitrogens with one attached hydrogen (secondary N) is 2. The summed E-state index contributed by atoms with van der Waals surface area (Å²) in [5.41, 5.74) is 7.20. The summed E-state index contributed by atoms with van der Waals surface area (Å²) in [5, 5.41) is 9.13. The summed E-state index contributed by atoms with van der Waals surface area (Å²) in [7, 11) is 0. The van der Waals surface area contributed by atoms with E-state index in [0.717, 1.165) is 0 Å². The standard InChI is InChI=1S/C13H15FN4O/c1-7(9-5-3-4-6-10(9)14)16-13(19)12-11(15)8(2)17-18-12/h3-7H,15H2,1-2H3,(H,16,19)(H,17,18). The van der Waals surface area contributed by atoms with Crippen molar-refractivity contribution in [3.8, 4) is 0 Å². The highest BCUT2D eigenvalue weighted by molar-refractivity contribution is 5.97. The van der Waals surface area contributed by atoms with E-state index in [0.29, 0.717) is 16.9 Å². The molecular formula is C13H15FN4O. The number of aromatic amines is 1. The molecule has 1 aromatic heterocycles. The van der Waals surface area contributed by atoms with Gasteiger partial charge >= 0.3 is 0 Å². The Hall–Kier alpha value is -2.37. The maximum Gasteiger partial charge on any atom is 0.274 e. The first-order valence-corrected chi connectivity index (χ1v) is 5.86. The van der Waals surface area contributed by atoms with Gasteiger partial charge in [-0.25, -0.2) is 4.39 Å². The number of aryl methyl sites for hydroxylation is 1. The van der Waals surface area contributed by atoms with Crippen LogP contribution in [0, 0.1) is 12.7 Å². The second-order valence-corrected chi connectivity index (χ2v) is 4.33. The number of hydrogen-bond acceptors (Lipinski definition) is 3. The fourth-order valence-electron chi connectivity index (χ4n) is 1.78. The smallest absolute Gasteiger partial charge is 0.274 e. The van der Waals surface area contributed by atoms with Gasteiger partial charge in [0.2, 0.25) is 0 Å². The van der Waals surface area contributed by atoms with Gasteiger partial charge in [0.15, 0.2) is 5.69 Å². The molecule has 0 aliphatic carbocycles. The van der Waals surface area contributed by atoms with Crippen LogP contribution in [-0.2, 0) is 0 Å². The van der Waals surface area contributed by atoms with E-state index in [-0.39, 0.29) is 11.5 Å². The van der Waals surface area contributed by atoms with Gasteiger partial charge in [0, 0.05) is 5.56 Å². The second kappa shape index (κ2) is 5.09. The number of carbonyl (C=O) groups excluding carboxylic acids is 1. The number of halogens is 1. The van der Waals surface area contributed by atoms with Gasteiger partial charge < -0.3 is 11.1 Å². The van der Waals surface area contributed by atoms with Crippen LogP contribution in [0.25, 0.3) is 0 Å². The van der Waals surface area contributed by atoms with Gasteiger partial charge in [0.05, 0.1) is 17.4 Å². The van der Waals surface area contributed by atoms with Crippen molar-refractivity contribution in [2.75, 3.05) is 5.73 Å². The van der Waals surface area contributed by atoms with E-state index in [2.05, 4.69) is 15.5 Å². The molecule has 2 rings (SSSR count). The molecule has 0 spiro atoms. The van der Waals surface area contributed by atoms with Gasteiger partial charge in [-0.2, -0.15) is 5.10 Å². The Balaban J connectivity index is 2.16. The predicted octanol–water partition coefficient (Wildman–Crippen LogP) is 1.93. The largest absolute Gasteiger partial charge is 0.395 e. The first-order valence-electron chi connectivity index (χ1n) is 5.86. The lowest BCUT2D eigenvalue weighted by atomic mass is 10.1. The Kier molecular flexibility index (Phi) is 3.50. The first kappa shape index (κ1) is 13.1. The number of nitrogen functional groups attached to an aromatic ring is 1. The van der Waals surface area contributed by atoms with Gasteiger partial charge in [-0.3, -0.25) is 9.89 Å². The van der Waals surface area contributed by atoms with Crippen LogP contribution in [0.3, 0.4) is 0 Å². The summed E-state index contributed by atoms with van der Waals surface area (Å²) >= 11 is 0. The molecule has 5 nitrogen and oxygen atoms in total. The Labute approximate surface area is 110 Å². The van der Waals surface area contributed by atoms with Crippen molar-refractivity contribution >= 4 is 11.6 Å². The van der Waals surface area contributed by atoms with Crippen LogP contribution in [0.4, 0.5) is 10.1 Å². The zero-order valence-corrected chi connectivity index (χ0v) is 10.7. The summed E-state index contributed by atoms with van der Waals surface area (Å²) in [6.45, 7) is 3.42. The quantitative estimate of drug-likeness (QED) is 0.790. The number of anilines is 1. The van der Waals surface area contributed by atoms with Crippen molar-refractivity contribution < 1.29 is 9.18 Å². The van der Waals surface area contributed by atoms with Crippen LogP contribution < -0.4 is 11.1 Å². The van der Waals surface area contributed by atoms with Gasteiger partial charge in [0.1, 0.15) is 5.82 Å². The molecule has 0 saturated heterocycles. The zero-order chi connectivity index (χ0) is 14.0. The minimum atomic E-state index is -0.467. The van der Waals surface area contributed by atoms with Crippen LogP contribution in [-0.4, -0.2) is 16.1 Å². The van der Waals surface area contributed by atoms with E-state index in [1.54, 1.807) is 32.0 Å². The monoisotopic (exact) mass is 262 g/mol. The molecule has 1 heterocycles. The van der Waals surface area contributed by atoms with Crippen LogP contribution in [0.2, 0.25) is 0 Å². The molecule has 6 heteroatoms. The highest BCUT2D eigenvalue weighted by Crippen LogP contribution is 2.18. The average molecular weight is 262 g/mol. The zero-order valence-electron chi connectivity index (χ0n) is 10.7. The Morgan fingerprint density at radius 2 is 2.16 bits per heavy atom. The summed E-state index contributed by atoms with van der Waals surface area (Å²) < 4.78 is 13.6. The fraction of sp³-hybridized carbons (Fsp3) is 0.231. The molecule has 0 bridgehead atoms. The number of carbonyl (C=O) groups is 1. The van der Waals surface area contributed by atoms with Crippen molar-refractivity contribution in [1.82, 2.24) is 15.5 Å². The third-order valence-electron chi connectivity index (χ3n) is 2.93. The molecule has 2 aromatic rings. The van der Waals surface area contributed by atoms with E-state index in [9.17, 15) is 9.18 Å². The number of nitrogens with zero attached hydrogens (tertiary/aromatic N) is 1. The molecule has 1 atom stereocenters. The van der Waals surface area contributed by atoms with E-state index < -0.39 is 11.9 Å². The van der Waals surface area contributed by atoms with Crippen LogP contribution in [0.5, 0.6) is 0 Å². The molecule has 100 valence electrons. The lowest BCUT2D eigenvalue weighted by Gasteiger charge is -2.14. The average Bonchev–Trinajstić information content (AvgIpc) is 2.70. The lowest BCUT2D eigenvalue weighted by molar-refractivity contribution is 0.0935. The van der Waals surface area contributed by atoms with Gasteiger partial charge in [-0.15, -0.1) is 0 Å². The van der Waals surface area contributed by atoms with Crippen molar-refractivity contribution in [2.45, 2.75) is 19.9 Å². The van der Waals surface area contributed by atoms with Gasteiger partial charge in [0.25, 0.3) is 5.91 Å². The topological polar surface area (TPSA) is 83.8 Å². The summed E-state index contributed by atoms with van der Waals surface area (Å²) in [6.07, 6.45) is 0.